The van der Waals surface area contributed by atoms with Crippen LogP contribution in [0.2, 0.25) is 0 Å². The average molecular weight is 125 g/mol. The lowest BCUT2D eigenvalue weighted by atomic mass is 10.1. The third-order valence-electron chi connectivity index (χ3n) is 1.55. The quantitative estimate of drug-likeness (QED) is 0.439. The molecule has 2 rings (SSSR count). The normalized spacial score (nSPS) is 23.1. The molecule has 0 atom stereocenters. The van der Waals surface area contributed by atoms with Gasteiger partial charge in [0.2, 0.25) is 0 Å². The third-order valence-corrected chi connectivity index (χ3v) is 1.55. The molecule has 2 aliphatic rings. The maximum absolute atomic E-state index is 2.99. The molecule has 1 saturated heterocycles. The average Bonchev–Trinajstić information content (AvgIpc) is 2.33. The summed E-state index contributed by atoms with van der Waals surface area (Å²) in [6.45, 7) is 0. The maximum Gasteiger partial charge on any atom is 0.0707 e. The smallest absolute Gasteiger partial charge is 0.0707 e. The highest BCUT2D eigenvalue weighted by molar-refractivity contribution is 5.32. The molecule has 1 aliphatic heterocycles. The number of nitrogens with one attached hydrogen (secondary N) is 3. The number of hydrogen-bond acceptors (Lipinski definition) is 3. The molecule has 0 spiro atoms. The second-order valence-corrected chi connectivity index (χ2v) is 2.19. The van der Waals surface area contributed by atoms with E-state index in [0.29, 0.717) is 0 Å². The number of hydrogen-bond donors (Lipinski definition) is 3. The first kappa shape index (κ1) is 4.88. The second-order valence-electron chi connectivity index (χ2n) is 2.19. The van der Waals surface area contributed by atoms with Crippen molar-refractivity contribution in [3.8, 4) is 0 Å². The van der Waals surface area contributed by atoms with E-state index < -0.39 is 0 Å². The highest BCUT2D eigenvalue weighted by Gasteiger charge is 2.12. The monoisotopic (exact) mass is 125 g/mol. The topological polar surface area (TPSA) is 36.1 Å². The van der Waals surface area contributed by atoms with E-state index >= 15 is 0 Å². The molecule has 0 bridgehead atoms. The van der Waals surface area contributed by atoms with Crippen molar-refractivity contribution < 1.29 is 1.43 Å². The van der Waals surface area contributed by atoms with E-state index in [1.54, 1.807) is 0 Å². The third kappa shape index (κ3) is 0.695. The van der Waals surface area contributed by atoms with Crippen LogP contribution in [0.4, 0.5) is 0 Å². The van der Waals surface area contributed by atoms with Crippen LogP contribution in [0.15, 0.2) is 23.5 Å². The van der Waals surface area contributed by atoms with Crippen LogP contribution in [-0.4, -0.2) is 0 Å². The predicted octanol–water partition coefficient (Wildman–Crippen LogP) is 0.406. The largest absolute Gasteiger partial charge is 0.302 e. The van der Waals surface area contributed by atoms with E-state index in [2.05, 4.69) is 28.5 Å². The number of rotatable bonds is 0. The highest BCUT2D eigenvalue weighted by Crippen LogP contribution is 2.14. The molecule has 0 saturated carbocycles. The molecule has 9 heavy (non-hydrogen) atoms. The van der Waals surface area contributed by atoms with Crippen LogP contribution in [-0.2, 0) is 0 Å². The molecule has 0 radical (unpaired) electrons. The van der Waals surface area contributed by atoms with E-state index in [0.717, 1.165) is 12.8 Å². The minimum Gasteiger partial charge on any atom is -0.302 e. The highest BCUT2D eigenvalue weighted by atomic mass is 15.6. The molecule has 0 aromatic rings. The van der Waals surface area contributed by atoms with Gasteiger partial charge in [0.25, 0.3) is 0 Å². The Hall–Kier alpha value is -0.960. The SMILES string of the molecule is C1=C2NNNC2=CCC1.[HH]. The molecule has 0 aromatic carbocycles. The van der Waals surface area contributed by atoms with Gasteiger partial charge in [-0.1, -0.05) is 12.2 Å². The van der Waals surface area contributed by atoms with Crippen molar-refractivity contribution in [3.63, 3.8) is 0 Å². The molecular weight excluding hydrogens is 114 g/mol. The van der Waals surface area contributed by atoms with Gasteiger partial charge in [-0.3, -0.25) is 0 Å². The van der Waals surface area contributed by atoms with E-state index in [1.165, 1.54) is 11.4 Å². The zero-order chi connectivity index (χ0) is 6.10. The Kier molecular flexibility index (Phi) is 0.960. The Balaban J connectivity index is 0.000000500. The fourth-order valence-electron chi connectivity index (χ4n) is 1.08. The summed E-state index contributed by atoms with van der Waals surface area (Å²) in [6, 6.07) is 0. The van der Waals surface area contributed by atoms with Gasteiger partial charge in [0.05, 0.1) is 11.4 Å². The molecule has 3 heteroatoms. The van der Waals surface area contributed by atoms with Gasteiger partial charge in [0.15, 0.2) is 0 Å². The molecule has 1 aliphatic carbocycles. The summed E-state index contributed by atoms with van der Waals surface area (Å²) in [5, 5.41) is 0. The van der Waals surface area contributed by atoms with Crippen LogP contribution < -0.4 is 16.4 Å². The van der Waals surface area contributed by atoms with E-state index in [9.17, 15) is 0 Å². The minimum absolute atomic E-state index is 0. The fourth-order valence-corrected chi connectivity index (χ4v) is 1.08. The molecular formula is C6H11N3. The summed E-state index contributed by atoms with van der Waals surface area (Å²) >= 11 is 0. The van der Waals surface area contributed by atoms with Gasteiger partial charge in [0.1, 0.15) is 0 Å². The lowest BCUT2D eigenvalue weighted by Gasteiger charge is -2.03. The molecule has 3 N–H and O–H groups in total. The Morgan fingerprint density at radius 2 is 1.67 bits per heavy atom. The molecule has 0 amide bonds. The second kappa shape index (κ2) is 1.77. The Morgan fingerprint density at radius 3 is 2.22 bits per heavy atom. The van der Waals surface area contributed by atoms with Crippen molar-refractivity contribution in [2.45, 2.75) is 12.8 Å². The van der Waals surface area contributed by atoms with Crippen LogP contribution in [0.3, 0.4) is 0 Å². The van der Waals surface area contributed by atoms with Crippen molar-refractivity contribution in [1.29, 1.82) is 0 Å². The van der Waals surface area contributed by atoms with Crippen LogP contribution >= 0.6 is 0 Å². The molecule has 0 aromatic heterocycles. The molecule has 0 unspecified atom stereocenters. The van der Waals surface area contributed by atoms with Gasteiger partial charge in [0, 0.05) is 1.43 Å². The summed E-state index contributed by atoms with van der Waals surface area (Å²) < 4.78 is 0. The standard InChI is InChI=1S/C6H9N3.H2/c1-2-4-6-5(3-1)7-9-8-6;/h3-4,7-9H,1-2H2;1H. The summed E-state index contributed by atoms with van der Waals surface area (Å²) in [4.78, 5) is 0. The van der Waals surface area contributed by atoms with E-state index in [4.69, 9.17) is 0 Å². The van der Waals surface area contributed by atoms with Crippen LogP contribution in [0.1, 0.15) is 14.3 Å². The molecule has 3 nitrogen and oxygen atoms in total. The minimum atomic E-state index is 0. The predicted molar refractivity (Wildman–Crippen MR) is 36.9 cm³/mol. The first-order valence-corrected chi connectivity index (χ1v) is 3.14. The lowest BCUT2D eigenvalue weighted by molar-refractivity contribution is 0.618. The first-order chi connectivity index (χ1) is 4.47. The van der Waals surface area contributed by atoms with Gasteiger partial charge in [-0.15, -0.1) is 5.53 Å². The molecule has 1 heterocycles. The molecule has 1 fully saturated rings. The zero-order valence-electron chi connectivity index (χ0n) is 5.07. The van der Waals surface area contributed by atoms with Crippen molar-refractivity contribution in [3.05, 3.63) is 23.5 Å². The van der Waals surface area contributed by atoms with Crippen molar-refractivity contribution in [1.82, 2.24) is 16.4 Å². The first-order valence-electron chi connectivity index (χ1n) is 3.14. The summed E-state index contributed by atoms with van der Waals surface area (Å²) in [7, 11) is 0. The fraction of sp³-hybridized carbons (Fsp3) is 0.333. The van der Waals surface area contributed by atoms with E-state index in [-0.39, 0.29) is 1.43 Å². The van der Waals surface area contributed by atoms with Crippen molar-refractivity contribution in [2.75, 3.05) is 0 Å². The Morgan fingerprint density at radius 1 is 1.11 bits per heavy atom. The van der Waals surface area contributed by atoms with Gasteiger partial charge in [-0.05, 0) is 12.8 Å². The van der Waals surface area contributed by atoms with Gasteiger partial charge in [-0.2, -0.15) is 0 Å². The number of fused-ring (bicyclic) bond motifs is 1. The van der Waals surface area contributed by atoms with Gasteiger partial charge in [-0.25, -0.2) is 0 Å². The summed E-state index contributed by atoms with van der Waals surface area (Å²) in [5.74, 6) is 0. The maximum atomic E-state index is 2.99. The Labute approximate surface area is 55.2 Å². The van der Waals surface area contributed by atoms with Crippen LogP contribution in [0.25, 0.3) is 0 Å². The van der Waals surface area contributed by atoms with Crippen LogP contribution in [0, 0.1) is 0 Å². The molecule has 50 valence electrons. The van der Waals surface area contributed by atoms with Gasteiger partial charge < -0.3 is 10.9 Å². The lowest BCUT2D eigenvalue weighted by Crippen LogP contribution is -2.29. The summed E-state index contributed by atoms with van der Waals surface area (Å²) in [5.41, 5.74) is 11.2. The van der Waals surface area contributed by atoms with Crippen molar-refractivity contribution >= 4 is 0 Å². The van der Waals surface area contributed by atoms with Gasteiger partial charge >= 0.3 is 0 Å². The van der Waals surface area contributed by atoms with E-state index in [1.807, 2.05) is 0 Å². The van der Waals surface area contributed by atoms with Crippen LogP contribution in [0.5, 0.6) is 0 Å². The van der Waals surface area contributed by atoms with Crippen molar-refractivity contribution in [2.24, 2.45) is 0 Å². The number of hydrazine groups is 2. The summed E-state index contributed by atoms with van der Waals surface area (Å²) in [6.07, 6.45) is 6.66. The zero-order valence-corrected chi connectivity index (χ0v) is 5.07. The Bertz CT molecular complexity index is 165. The number of allylic oxidation sites excluding steroid dienone is 2.